The third-order valence-corrected chi connectivity index (χ3v) is 3.90. The fourth-order valence-corrected chi connectivity index (χ4v) is 2.70. The molecule has 0 fully saturated rings. The first-order chi connectivity index (χ1) is 10.2. The fraction of sp³-hybridized carbons (Fsp3) is 0.200. The van der Waals surface area contributed by atoms with Gasteiger partial charge < -0.3 is 20.5 Å². The molecule has 0 saturated carbocycles. The maximum atomic E-state index is 6.21. The summed E-state index contributed by atoms with van der Waals surface area (Å²) >= 11 is 12.4. The molecule has 0 aromatic heterocycles. The minimum Gasteiger partial charge on any atom is -0.454 e. The number of fused-ring (bicyclic) bond motifs is 1. The lowest BCUT2D eigenvalue weighted by Gasteiger charge is -2.20. The van der Waals surface area contributed by atoms with E-state index in [1.165, 1.54) is 0 Å². The zero-order valence-electron chi connectivity index (χ0n) is 11.1. The van der Waals surface area contributed by atoms with E-state index in [0.717, 1.165) is 11.3 Å². The molecule has 0 aliphatic carbocycles. The van der Waals surface area contributed by atoms with Crippen LogP contribution in [0.5, 0.6) is 11.5 Å². The number of anilines is 1. The zero-order valence-corrected chi connectivity index (χ0v) is 12.6. The number of rotatable bonds is 4. The molecule has 6 heteroatoms. The van der Waals surface area contributed by atoms with Crippen LogP contribution in [0.25, 0.3) is 0 Å². The molecule has 0 amide bonds. The van der Waals surface area contributed by atoms with E-state index in [1.54, 1.807) is 0 Å². The molecule has 4 nitrogen and oxygen atoms in total. The van der Waals surface area contributed by atoms with Crippen LogP contribution < -0.4 is 20.5 Å². The average Bonchev–Trinajstić information content (AvgIpc) is 2.95. The molecule has 0 saturated heterocycles. The van der Waals surface area contributed by atoms with E-state index >= 15 is 0 Å². The minimum atomic E-state index is -0.128. The largest absolute Gasteiger partial charge is 0.454 e. The van der Waals surface area contributed by atoms with Crippen LogP contribution in [0.15, 0.2) is 36.4 Å². The van der Waals surface area contributed by atoms with E-state index < -0.39 is 0 Å². The van der Waals surface area contributed by atoms with Gasteiger partial charge in [-0.1, -0.05) is 35.3 Å². The van der Waals surface area contributed by atoms with Crippen molar-refractivity contribution in [2.75, 3.05) is 18.7 Å². The standard InChI is InChI=1S/C15H14Cl2N2O2/c16-10-3-1-2-4-12(10)19-13(7-18)9-5-11(17)15-14(6-9)20-8-21-15/h1-6,13,19H,7-8,18H2. The van der Waals surface area contributed by atoms with E-state index in [9.17, 15) is 0 Å². The summed E-state index contributed by atoms with van der Waals surface area (Å²) in [5, 5.41) is 4.47. The zero-order chi connectivity index (χ0) is 14.8. The molecule has 2 aromatic carbocycles. The molecule has 2 aromatic rings. The van der Waals surface area contributed by atoms with Gasteiger partial charge in [-0.25, -0.2) is 0 Å². The highest BCUT2D eigenvalue weighted by Crippen LogP contribution is 2.41. The summed E-state index contributed by atoms with van der Waals surface area (Å²) in [4.78, 5) is 0. The van der Waals surface area contributed by atoms with E-state index in [0.29, 0.717) is 28.1 Å². The maximum absolute atomic E-state index is 6.21. The molecular weight excluding hydrogens is 311 g/mol. The predicted molar refractivity (Wildman–Crippen MR) is 84.4 cm³/mol. The average molecular weight is 325 g/mol. The summed E-state index contributed by atoms with van der Waals surface area (Å²) in [5.74, 6) is 1.21. The normalized spacial score (nSPS) is 14.0. The van der Waals surface area contributed by atoms with E-state index in [1.807, 2.05) is 36.4 Å². The Morgan fingerprint density at radius 1 is 1.14 bits per heavy atom. The summed E-state index contributed by atoms with van der Waals surface area (Å²) in [6.45, 7) is 0.574. The van der Waals surface area contributed by atoms with Crippen LogP contribution in [0.1, 0.15) is 11.6 Å². The molecule has 0 bridgehead atoms. The van der Waals surface area contributed by atoms with Gasteiger partial charge in [-0.3, -0.25) is 0 Å². The third kappa shape index (κ3) is 2.88. The second kappa shape index (κ2) is 6.02. The van der Waals surface area contributed by atoms with Crippen molar-refractivity contribution in [1.82, 2.24) is 0 Å². The van der Waals surface area contributed by atoms with Gasteiger partial charge >= 0.3 is 0 Å². The Balaban J connectivity index is 1.90. The molecule has 1 unspecified atom stereocenters. The van der Waals surface area contributed by atoms with Crippen molar-refractivity contribution >= 4 is 28.9 Å². The van der Waals surface area contributed by atoms with Gasteiger partial charge in [0.15, 0.2) is 11.5 Å². The first-order valence-electron chi connectivity index (χ1n) is 6.49. The topological polar surface area (TPSA) is 56.5 Å². The molecule has 0 spiro atoms. The Labute approximate surface area is 132 Å². The summed E-state index contributed by atoms with van der Waals surface area (Å²) < 4.78 is 10.7. The lowest BCUT2D eigenvalue weighted by atomic mass is 10.1. The number of nitrogens with two attached hydrogens (primary N) is 1. The molecule has 3 N–H and O–H groups in total. The minimum absolute atomic E-state index is 0.128. The van der Waals surface area contributed by atoms with Gasteiger partial charge in [0.25, 0.3) is 0 Å². The smallest absolute Gasteiger partial charge is 0.231 e. The molecule has 1 aliphatic heterocycles. The fourth-order valence-electron chi connectivity index (χ4n) is 2.23. The SMILES string of the molecule is NCC(Nc1ccccc1Cl)c1cc(Cl)c2c(c1)OCO2. The second-order valence-electron chi connectivity index (χ2n) is 4.65. The Morgan fingerprint density at radius 3 is 2.71 bits per heavy atom. The van der Waals surface area contributed by atoms with E-state index in [-0.39, 0.29) is 12.8 Å². The summed E-state index contributed by atoms with van der Waals surface area (Å²) in [6.07, 6.45) is 0. The van der Waals surface area contributed by atoms with Crippen molar-refractivity contribution in [1.29, 1.82) is 0 Å². The number of hydrogen-bond donors (Lipinski definition) is 2. The van der Waals surface area contributed by atoms with Crippen molar-refractivity contribution in [3.8, 4) is 11.5 Å². The quantitative estimate of drug-likeness (QED) is 0.897. The number of para-hydroxylation sites is 1. The monoisotopic (exact) mass is 324 g/mol. The van der Waals surface area contributed by atoms with Crippen LogP contribution in [0.3, 0.4) is 0 Å². The Morgan fingerprint density at radius 2 is 1.95 bits per heavy atom. The van der Waals surface area contributed by atoms with Crippen molar-refractivity contribution in [2.24, 2.45) is 5.73 Å². The molecule has 1 heterocycles. The maximum Gasteiger partial charge on any atom is 0.231 e. The predicted octanol–water partition coefficient (Wildman–Crippen LogP) is 3.83. The van der Waals surface area contributed by atoms with Crippen LogP contribution in [-0.2, 0) is 0 Å². The number of hydrogen-bond acceptors (Lipinski definition) is 4. The highest BCUT2D eigenvalue weighted by molar-refractivity contribution is 6.33. The lowest BCUT2D eigenvalue weighted by Crippen LogP contribution is -2.20. The highest BCUT2D eigenvalue weighted by atomic mass is 35.5. The van der Waals surface area contributed by atoms with Gasteiger partial charge in [0.1, 0.15) is 0 Å². The summed E-state index contributed by atoms with van der Waals surface area (Å²) in [5.41, 5.74) is 7.62. The molecule has 110 valence electrons. The molecule has 3 rings (SSSR count). The second-order valence-corrected chi connectivity index (χ2v) is 5.46. The van der Waals surface area contributed by atoms with Crippen molar-refractivity contribution in [3.05, 3.63) is 52.0 Å². The number of benzene rings is 2. The van der Waals surface area contributed by atoms with Crippen molar-refractivity contribution in [2.45, 2.75) is 6.04 Å². The van der Waals surface area contributed by atoms with Crippen LogP contribution in [-0.4, -0.2) is 13.3 Å². The molecule has 21 heavy (non-hydrogen) atoms. The van der Waals surface area contributed by atoms with Gasteiger partial charge in [-0.05, 0) is 29.8 Å². The van der Waals surface area contributed by atoms with Gasteiger partial charge in [0, 0.05) is 6.54 Å². The molecular formula is C15H14Cl2N2O2. The molecule has 1 atom stereocenters. The first-order valence-corrected chi connectivity index (χ1v) is 7.25. The Bertz CT molecular complexity index is 664. The van der Waals surface area contributed by atoms with Crippen molar-refractivity contribution < 1.29 is 9.47 Å². The Hall–Kier alpha value is -1.62. The number of nitrogens with one attached hydrogen (secondary N) is 1. The number of halogens is 2. The molecule has 0 radical (unpaired) electrons. The van der Waals surface area contributed by atoms with Gasteiger partial charge in [-0.15, -0.1) is 0 Å². The molecule has 1 aliphatic rings. The van der Waals surface area contributed by atoms with E-state index in [2.05, 4.69) is 5.32 Å². The van der Waals surface area contributed by atoms with Gasteiger partial charge in [0.2, 0.25) is 6.79 Å². The van der Waals surface area contributed by atoms with E-state index in [4.69, 9.17) is 38.4 Å². The lowest BCUT2D eigenvalue weighted by molar-refractivity contribution is 0.174. The highest BCUT2D eigenvalue weighted by Gasteiger charge is 2.21. The first kappa shape index (κ1) is 14.3. The van der Waals surface area contributed by atoms with Gasteiger partial charge in [0.05, 0.1) is 21.8 Å². The van der Waals surface area contributed by atoms with Crippen LogP contribution in [0, 0.1) is 0 Å². The van der Waals surface area contributed by atoms with Crippen LogP contribution in [0.4, 0.5) is 5.69 Å². The number of ether oxygens (including phenoxy) is 2. The summed E-state index contributed by atoms with van der Waals surface area (Å²) in [6, 6.07) is 11.1. The Kier molecular flexibility index (Phi) is 4.10. The summed E-state index contributed by atoms with van der Waals surface area (Å²) in [7, 11) is 0. The van der Waals surface area contributed by atoms with Crippen LogP contribution >= 0.6 is 23.2 Å². The third-order valence-electron chi connectivity index (χ3n) is 3.29. The van der Waals surface area contributed by atoms with Crippen molar-refractivity contribution in [3.63, 3.8) is 0 Å². The van der Waals surface area contributed by atoms with Crippen LogP contribution in [0.2, 0.25) is 10.0 Å². The van der Waals surface area contributed by atoms with Gasteiger partial charge in [-0.2, -0.15) is 0 Å².